The van der Waals surface area contributed by atoms with Crippen molar-refractivity contribution in [1.29, 1.82) is 0 Å². The number of aromatic amines is 1. The van der Waals surface area contributed by atoms with Crippen molar-refractivity contribution in [2.75, 3.05) is 13.1 Å². The van der Waals surface area contributed by atoms with Crippen LogP contribution in [0, 0.1) is 5.92 Å². The van der Waals surface area contributed by atoms with Gasteiger partial charge in [0.25, 0.3) is 0 Å². The first-order chi connectivity index (χ1) is 10.5. The standard InChI is InChI=1S/C17H20N2O3/c1-17-13(16(21)22)3-2-7-19(17)8-6-11-12-9-10(20)4-5-14(12)18-15(11)17/h4-5,9,13,18,20H,2-3,6-8H2,1H3,(H,21,22)/t13-,17+/m0/s1. The molecule has 4 rings (SSSR count). The van der Waals surface area contributed by atoms with Crippen LogP contribution in [0.2, 0.25) is 0 Å². The second-order valence-corrected chi connectivity index (χ2v) is 6.63. The van der Waals surface area contributed by atoms with Gasteiger partial charge in [-0.1, -0.05) is 0 Å². The number of nitrogens with one attached hydrogen (secondary N) is 1. The minimum absolute atomic E-state index is 0.250. The molecule has 2 aromatic rings. The number of aliphatic carboxylic acids is 1. The molecule has 0 radical (unpaired) electrons. The number of carboxylic acids is 1. The molecule has 0 saturated carbocycles. The lowest BCUT2D eigenvalue weighted by Crippen LogP contribution is -2.58. The zero-order valence-corrected chi connectivity index (χ0v) is 12.6. The van der Waals surface area contributed by atoms with Crippen molar-refractivity contribution >= 4 is 16.9 Å². The Morgan fingerprint density at radius 2 is 2.23 bits per heavy atom. The highest BCUT2D eigenvalue weighted by Gasteiger charge is 2.51. The molecule has 1 aromatic carbocycles. The number of aromatic nitrogens is 1. The first-order valence-electron chi connectivity index (χ1n) is 7.83. The number of H-pyrrole nitrogens is 1. The molecule has 0 unspecified atom stereocenters. The molecule has 116 valence electrons. The van der Waals surface area contributed by atoms with Crippen LogP contribution in [0.3, 0.4) is 0 Å². The zero-order valence-electron chi connectivity index (χ0n) is 12.6. The van der Waals surface area contributed by atoms with Gasteiger partial charge in [-0.25, -0.2) is 0 Å². The molecule has 22 heavy (non-hydrogen) atoms. The number of phenolic OH excluding ortho intramolecular Hbond substituents is 1. The Labute approximate surface area is 128 Å². The number of carboxylic acid groups (broad SMARTS) is 1. The molecule has 0 spiro atoms. The van der Waals surface area contributed by atoms with Crippen molar-refractivity contribution < 1.29 is 15.0 Å². The summed E-state index contributed by atoms with van der Waals surface area (Å²) in [7, 11) is 0. The number of phenols is 1. The van der Waals surface area contributed by atoms with Gasteiger partial charge in [0.15, 0.2) is 0 Å². The second-order valence-electron chi connectivity index (χ2n) is 6.63. The van der Waals surface area contributed by atoms with E-state index in [-0.39, 0.29) is 5.75 Å². The largest absolute Gasteiger partial charge is 0.508 e. The molecule has 1 aromatic heterocycles. The third-order valence-corrected chi connectivity index (χ3v) is 5.58. The number of nitrogens with zero attached hydrogens (tertiary/aromatic N) is 1. The van der Waals surface area contributed by atoms with E-state index in [0.29, 0.717) is 6.42 Å². The van der Waals surface area contributed by atoms with Crippen LogP contribution in [-0.4, -0.2) is 39.2 Å². The minimum atomic E-state index is -0.721. The van der Waals surface area contributed by atoms with Crippen LogP contribution >= 0.6 is 0 Å². The molecule has 5 nitrogen and oxygen atoms in total. The van der Waals surface area contributed by atoms with E-state index in [4.69, 9.17) is 0 Å². The highest BCUT2D eigenvalue weighted by atomic mass is 16.4. The van der Waals surface area contributed by atoms with Gasteiger partial charge in [0.05, 0.1) is 11.5 Å². The third kappa shape index (κ3) is 1.66. The molecule has 3 N–H and O–H groups in total. The molecular weight excluding hydrogens is 280 g/mol. The van der Waals surface area contributed by atoms with Gasteiger partial charge < -0.3 is 15.2 Å². The number of aromatic hydroxyl groups is 1. The van der Waals surface area contributed by atoms with Gasteiger partial charge >= 0.3 is 5.97 Å². The third-order valence-electron chi connectivity index (χ3n) is 5.58. The lowest BCUT2D eigenvalue weighted by molar-refractivity contribution is -0.152. The van der Waals surface area contributed by atoms with E-state index in [1.165, 1.54) is 0 Å². The molecule has 2 aliphatic heterocycles. The molecule has 0 bridgehead atoms. The van der Waals surface area contributed by atoms with Gasteiger partial charge in [-0.05, 0) is 56.5 Å². The quantitative estimate of drug-likeness (QED) is 0.756. The lowest BCUT2D eigenvalue weighted by atomic mass is 9.72. The van der Waals surface area contributed by atoms with Gasteiger partial charge in [-0.3, -0.25) is 9.69 Å². The number of carbonyl (C=O) groups is 1. The Bertz CT molecular complexity index is 767. The maximum atomic E-state index is 11.8. The Morgan fingerprint density at radius 3 is 3.00 bits per heavy atom. The number of fused-ring (bicyclic) bond motifs is 5. The Kier molecular flexibility index (Phi) is 2.78. The van der Waals surface area contributed by atoms with E-state index >= 15 is 0 Å². The maximum Gasteiger partial charge on any atom is 0.308 e. The van der Waals surface area contributed by atoms with Crippen LogP contribution < -0.4 is 0 Å². The molecule has 3 heterocycles. The minimum Gasteiger partial charge on any atom is -0.508 e. The smallest absolute Gasteiger partial charge is 0.308 e. The van der Waals surface area contributed by atoms with Crippen LogP contribution in [0.1, 0.15) is 31.0 Å². The summed E-state index contributed by atoms with van der Waals surface area (Å²) < 4.78 is 0. The molecule has 5 heteroatoms. The van der Waals surface area contributed by atoms with Crippen molar-refractivity contribution in [3.05, 3.63) is 29.5 Å². The summed E-state index contributed by atoms with van der Waals surface area (Å²) in [6.45, 7) is 3.87. The van der Waals surface area contributed by atoms with Gasteiger partial charge in [-0.15, -0.1) is 0 Å². The van der Waals surface area contributed by atoms with E-state index in [2.05, 4.69) is 16.8 Å². The number of rotatable bonds is 1. The highest BCUT2D eigenvalue weighted by molar-refractivity contribution is 5.87. The Morgan fingerprint density at radius 1 is 1.41 bits per heavy atom. The number of hydrogen-bond acceptors (Lipinski definition) is 3. The van der Waals surface area contributed by atoms with Gasteiger partial charge in [0.1, 0.15) is 5.75 Å². The average molecular weight is 300 g/mol. The van der Waals surface area contributed by atoms with Crippen molar-refractivity contribution in [3.63, 3.8) is 0 Å². The average Bonchev–Trinajstić information content (AvgIpc) is 2.85. The van der Waals surface area contributed by atoms with Crippen LogP contribution in [0.5, 0.6) is 5.75 Å². The zero-order chi connectivity index (χ0) is 15.5. The summed E-state index contributed by atoms with van der Waals surface area (Å²) in [6.07, 6.45) is 2.53. The molecule has 1 saturated heterocycles. The molecule has 2 aliphatic rings. The Hall–Kier alpha value is -2.01. The fraction of sp³-hybridized carbons (Fsp3) is 0.471. The van der Waals surface area contributed by atoms with Gasteiger partial charge in [0.2, 0.25) is 0 Å². The summed E-state index contributed by atoms with van der Waals surface area (Å²) in [6, 6.07) is 5.32. The topological polar surface area (TPSA) is 76.6 Å². The summed E-state index contributed by atoms with van der Waals surface area (Å²) >= 11 is 0. The molecule has 0 aliphatic carbocycles. The highest BCUT2D eigenvalue weighted by Crippen LogP contribution is 2.47. The molecule has 2 atom stereocenters. The molecule has 1 fully saturated rings. The Balaban J connectivity index is 1.96. The number of hydrogen-bond donors (Lipinski definition) is 3. The predicted molar refractivity (Wildman–Crippen MR) is 83.0 cm³/mol. The summed E-state index contributed by atoms with van der Waals surface area (Å²) in [5.74, 6) is -0.871. The van der Waals surface area contributed by atoms with Crippen LogP contribution in [-0.2, 0) is 16.8 Å². The van der Waals surface area contributed by atoms with Crippen molar-refractivity contribution in [2.24, 2.45) is 5.92 Å². The number of piperidine rings is 1. The van der Waals surface area contributed by atoms with Crippen LogP contribution in [0.25, 0.3) is 10.9 Å². The van der Waals surface area contributed by atoms with E-state index in [1.807, 2.05) is 6.07 Å². The fourth-order valence-corrected chi connectivity index (χ4v) is 4.43. The monoisotopic (exact) mass is 300 g/mol. The fourth-order valence-electron chi connectivity index (χ4n) is 4.43. The van der Waals surface area contributed by atoms with E-state index in [0.717, 1.165) is 48.1 Å². The van der Waals surface area contributed by atoms with Crippen molar-refractivity contribution in [1.82, 2.24) is 9.88 Å². The maximum absolute atomic E-state index is 11.8. The van der Waals surface area contributed by atoms with E-state index in [9.17, 15) is 15.0 Å². The molecule has 0 amide bonds. The SMILES string of the molecule is C[C@@]12c3[nH]c4ccc(O)cc4c3CCN1CCC[C@H]2C(=O)O. The summed E-state index contributed by atoms with van der Waals surface area (Å²) in [4.78, 5) is 17.6. The van der Waals surface area contributed by atoms with Gasteiger partial charge in [-0.2, -0.15) is 0 Å². The predicted octanol–water partition coefficient (Wildman–Crippen LogP) is 2.44. The van der Waals surface area contributed by atoms with Gasteiger partial charge in [0, 0.05) is 23.1 Å². The van der Waals surface area contributed by atoms with Crippen LogP contribution in [0.15, 0.2) is 18.2 Å². The lowest BCUT2D eigenvalue weighted by Gasteiger charge is -2.51. The van der Waals surface area contributed by atoms with Crippen molar-refractivity contribution in [2.45, 2.75) is 31.7 Å². The van der Waals surface area contributed by atoms with E-state index < -0.39 is 17.4 Å². The summed E-state index contributed by atoms with van der Waals surface area (Å²) in [5.41, 5.74) is 2.66. The first-order valence-corrected chi connectivity index (χ1v) is 7.83. The molecular formula is C17H20N2O3. The number of benzene rings is 1. The van der Waals surface area contributed by atoms with Crippen molar-refractivity contribution in [3.8, 4) is 5.75 Å². The van der Waals surface area contributed by atoms with E-state index in [1.54, 1.807) is 12.1 Å². The first kappa shape index (κ1) is 13.6. The van der Waals surface area contributed by atoms with Crippen LogP contribution in [0.4, 0.5) is 0 Å². The normalized spacial score (nSPS) is 28.3. The second kappa shape index (κ2) is 4.49. The summed E-state index contributed by atoms with van der Waals surface area (Å²) in [5, 5.41) is 20.5.